The molecule has 0 bridgehead atoms. The number of carbonyl (C=O) groups is 2. The van der Waals surface area contributed by atoms with E-state index in [4.69, 9.17) is 9.47 Å². The van der Waals surface area contributed by atoms with Gasteiger partial charge in [-0.2, -0.15) is 5.26 Å². The van der Waals surface area contributed by atoms with Crippen molar-refractivity contribution < 1.29 is 23.8 Å². The van der Waals surface area contributed by atoms with Crippen LogP contribution < -0.4 is 14.8 Å². The van der Waals surface area contributed by atoms with Crippen LogP contribution in [0, 0.1) is 11.3 Å². The largest absolute Gasteiger partial charge is 0.493 e. The number of hydrogen-bond acceptors (Lipinski definition) is 6. The number of nitrogens with zero attached hydrogens (tertiary/aromatic N) is 1. The molecular weight excluding hydrogens is 512 g/mol. The highest BCUT2D eigenvalue weighted by atomic mass is 79.9. The molecule has 1 amide bonds. The molecule has 2 rings (SSSR count). The molecule has 0 spiro atoms. The van der Waals surface area contributed by atoms with E-state index in [0.29, 0.717) is 39.4 Å². The van der Waals surface area contributed by atoms with Crippen LogP contribution in [0.25, 0.3) is 6.08 Å². The van der Waals surface area contributed by atoms with Gasteiger partial charge in [0.1, 0.15) is 11.6 Å². The van der Waals surface area contributed by atoms with Crippen molar-refractivity contribution in [3.63, 3.8) is 0 Å². The summed E-state index contributed by atoms with van der Waals surface area (Å²) in [4.78, 5) is 24.2. The number of nitrogens with one attached hydrogen (secondary N) is 1. The molecule has 2 aromatic carbocycles. The van der Waals surface area contributed by atoms with Gasteiger partial charge < -0.3 is 19.5 Å². The molecule has 0 saturated heterocycles. The lowest BCUT2D eigenvalue weighted by atomic mass is 10.1. The van der Waals surface area contributed by atoms with Crippen LogP contribution >= 0.6 is 15.9 Å². The summed E-state index contributed by atoms with van der Waals surface area (Å²) in [6, 6.07) is 11.6. The van der Waals surface area contributed by atoms with Crippen LogP contribution in [0.5, 0.6) is 11.5 Å². The zero-order valence-corrected chi connectivity index (χ0v) is 21.9. The van der Waals surface area contributed by atoms with Gasteiger partial charge >= 0.3 is 5.97 Å². The number of esters is 1. The molecule has 0 radical (unpaired) electrons. The Bertz CT molecular complexity index is 1070. The first-order chi connectivity index (χ1) is 16.9. The van der Waals surface area contributed by atoms with E-state index < -0.39 is 11.9 Å². The van der Waals surface area contributed by atoms with Crippen molar-refractivity contribution in [1.82, 2.24) is 0 Å². The van der Waals surface area contributed by atoms with Gasteiger partial charge in [0.05, 0.1) is 30.9 Å². The zero-order chi connectivity index (χ0) is 25.6. The third kappa shape index (κ3) is 8.76. The maximum absolute atomic E-state index is 12.6. The van der Waals surface area contributed by atoms with E-state index >= 15 is 0 Å². The van der Waals surface area contributed by atoms with E-state index in [2.05, 4.69) is 32.9 Å². The molecule has 186 valence electrons. The van der Waals surface area contributed by atoms with Crippen molar-refractivity contribution in [1.29, 1.82) is 5.26 Å². The quantitative estimate of drug-likeness (QED) is 0.134. The molecule has 0 aromatic heterocycles. The Labute approximate surface area is 215 Å². The molecule has 0 saturated carbocycles. The summed E-state index contributed by atoms with van der Waals surface area (Å²) in [6.07, 6.45) is 8.49. The molecule has 0 unspecified atom stereocenters. The first-order valence-electron chi connectivity index (χ1n) is 11.5. The minimum absolute atomic E-state index is 0.0863. The zero-order valence-electron chi connectivity index (χ0n) is 20.4. The molecule has 0 heterocycles. The van der Waals surface area contributed by atoms with E-state index in [1.165, 1.54) is 51.0 Å². The molecular formula is C27H31BrN2O5. The number of nitriles is 1. The van der Waals surface area contributed by atoms with Gasteiger partial charge in [-0.15, -0.1) is 0 Å². The molecule has 0 fully saturated rings. The van der Waals surface area contributed by atoms with Gasteiger partial charge in [-0.1, -0.05) is 39.0 Å². The van der Waals surface area contributed by atoms with E-state index in [0.717, 1.165) is 12.8 Å². The summed E-state index contributed by atoms with van der Waals surface area (Å²) in [7, 11) is 2.84. The van der Waals surface area contributed by atoms with Crippen molar-refractivity contribution in [2.45, 2.75) is 45.4 Å². The van der Waals surface area contributed by atoms with Gasteiger partial charge in [-0.25, -0.2) is 4.79 Å². The van der Waals surface area contributed by atoms with Gasteiger partial charge in [-0.05, 0) is 70.4 Å². The van der Waals surface area contributed by atoms with Crippen LogP contribution in [0.4, 0.5) is 5.69 Å². The first kappa shape index (κ1) is 27.9. The second kappa shape index (κ2) is 14.8. The number of hydrogen-bond donors (Lipinski definition) is 1. The topological polar surface area (TPSA) is 97.7 Å². The molecule has 35 heavy (non-hydrogen) atoms. The van der Waals surface area contributed by atoms with Gasteiger partial charge in [0.2, 0.25) is 0 Å². The number of methoxy groups -OCH3 is 2. The van der Waals surface area contributed by atoms with E-state index in [1.807, 2.05) is 6.07 Å². The standard InChI is InChI=1S/C27H31BrN2O5/c1-4-5-6-7-8-9-14-35-25-23(28)16-19(17-24(25)33-2)15-21(18-29)26(31)30-22-12-10-20(11-13-22)27(32)34-3/h10-13,15-17H,4-9,14H2,1-3H3,(H,30,31)/b21-15-. The van der Waals surface area contributed by atoms with Crippen LogP contribution in [-0.2, 0) is 9.53 Å². The van der Waals surface area contributed by atoms with Crippen molar-refractivity contribution in [3.05, 3.63) is 57.6 Å². The van der Waals surface area contributed by atoms with Crippen molar-refractivity contribution in [2.75, 3.05) is 26.1 Å². The number of benzene rings is 2. The average molecular weight is 543 g/mol. The fraction of sp³-hybridized carbons (Fsp3) is 0.370. The van der Waals surface area contributed by atoms with Crippen molar-refractivity contribution in [2.24, 2.45) is 0 Å². The lowest BCUT2D eigenvalue weighted by molar-refractivity contribution is -0.112. The Hall–Kier alpha value is -3.31. The minimum Gasteiger partial charge on any atom is -0.493 e. The number of rotatable bonds is 13. The number of amides is 1. The van der Waals surface area contributed by atoms with Crippen molar-refractivity contribution >= 4 is 39.6 Å². The molecule has 8 heteroatoms. The smallest absolute Gasteiger partial charge is 0.337 e. The molecule has 0 aliphatic carbocycles. The Morgan fingerprint density at radius 1 is 1.06 bits per heavy atom. The number of unbranched alkanes of at least 4 members (excludes halogenated alkanes) is 5. The van der Waals surface area contributed by atoms with Crippen LogP contribution in [0.1, 0.15) is 61.4 Å². The highest BCUT2D eigenvalue weighted by Gasteiger charge is 2.14. The lowest BCUT2D eigenvalue weighted by Crippen LogP contribution is -2.13. The maximum Gasteiger partial charge on any atom is 0.337 e. The molecule has 7 nitrogen and oxygen atoms in total. The normalized spacial score (nSPS) is 10.9. The minimum atomic E-state index is -0.572. The number of carbonyl (C=O) groups excluding carboxylic acids is 2. The highest BCUT2D eigenvalue weighted by Crippen LogP contribution is 2.37. The van der Waals surface area contributed by atoms with Crippen LogP contribution in [0.15, 0.2) is 46.4 Å². The molecule has 0 aliphatic heterocycles. The number of ether oxygens (including phenoxy) is 3. The molecule has 0 aliphatic rings. The maximum atomic E-state index is 12.6. The van der Waals surface area contributed by atoms with Gasteiger partial charge in [0, 0.05) is 5.69 Å². The molecule has 1 N–H and O–H groups in total. The molecule has 0 atom stereocenters. The third-order valence-corrected chi connectivity index (χ3v) is 5.83. The lowest BCUT2D eigenvalue weighted by Gasteiger charge is -2.14. The Balaban J connectivity index is 2.08. The second-order valence-electron chi connectivity index (χ2n) is 7.84. The first-order valence-corrected chi connectivity index (χ1v) is 12.3. The number of anilines is 1. The third-order valence-electron chi connectivity index (χ3n) is 5.24. The highest BCUT2D eigenvalue weighted by molar-refractivity contribution is 9.10. The summed E-state index contributed by atoms with van der Waals surface area (Å²) < 4.78 is 16.8. The fourth-order valence-electron chi connectivity index (χ4n) is 3.34. The summed E-state index contributed by atoms with van der Waals surface area (Å²) in [5.74, 6) is 0.0517. The summed E-state index contributed by atoms with van der Waals surface area (Å²) in [5.41, 5.74) is 1.32. The predicted octanol–water partition coefficient (Wildman–Crippen LogP) is 6.53. The SMILES string of the molecule is CCCCCCCCOc1c(Br)cc(/C=C(/C#N)C(=O)Nc2ccc(C(=O)OC)cc2)cc1OC. The van der Waals surface area contributed by atoms with E-state index in [9.17, 15) is 14.9 Å². The van der Waals surface area contributed by atoms with Gasteiger partial charge in [0.15, 0.2) is 11.5 Å². The predicted molar refractivity (Wildman–Crippen MR) is 140 cm³/mol. The van der Waals surface area contributed by atoms with Gasteiger partial charge in [-0.3, -0.25) is 4.79 Å². The number of halogens is 1. The molecule has 2 aromatic rings. The van der Waals surface area contributed by atoms with E-state index in [1.54, 1.807) is 31.4 Å². The van der Waals surface area contributed by atoms with Crippen LogP contribution in [0.3, 0.4) is 0 Å². The summed E-state index contributed by atoms with van der Waals surface area (Å²) in [5, 5.41) is 12.2. The monoisotopic (exact) mass is 542 g/mol. The summed E-state index contributed by atoms with van der Waals surface area (Å²) in [6.45, 7) is 2.78. The summed E-state index contributed by atoms with van der Waals surface area (Å²) >= 11 is 3.51. The second-order valence-corrected chi connectivity index (χ2v) is 8.70. The van der Waals surface area contributed by atoms with Crippen LogP contribution in [0.2, 0.25) is 0 Å². The van der Waals surface area contributed by atoms with E-state index in [-0.39, 0.29) is 5.57 Å². The van der Waals surface area contributed by atoms with Gasteiger partial charge in [0.25, 0.3) is 5.91 Å². The van der Waals surface area contributed by atoms with Crippen LogP contribution in [-0.4, -0.2) is 32.7 Å². The Morgan fingerprint density at radius 2 is 1.74 bits per heavy atom. The fourth-order valence-corrected chi connectivity index (χ4v) is 3.92. The Morgan fingerprint density at radius 3 is 2.37 bits per heavy atom. The van der Waals surface area contributed by atoms with Crippen molar-refractivity contribution in [3.8, 4) is 17.6 Å². The average Bonchev–Trinajstić information content (AvgIpc) is 2.87. The Kier molecular flexibility index (Phi) is 11.8.